The Bertz CT molecular complexity index is 763. The van der Waals surface area contributed by atoms with E-state index >= 15 is 0 Å². The summed E-state index contributed by atoms with van der Waals surface area (Å²) in [5, 5.41) is 0.509. The van der Waals surface area contributed by atoms with Crippen molar-refractivity contribution in [3.8, 4) is 11.4 Å². The van der Waals surface area contributed by atoms with E-state index in [4.69, 9.17) is 5.73 Å². The van der Waals surface area contributed by atoms with Crippen LogP contribution in [0.5, 0.6) is 0 Å². The van der Waals surface area contributed by atoms with E-state index in [9.17, 15) is 4.79 Å². The SMILES string of the molecule is Nc1ccc2nc(-c3ccccc3)[nH]c(=O)c2c1. The van der Waals surface area contributed by atoms with Crippen molar-refractivity contribution in [2.45, 2.75) is 0 Å². The molecule has 2 aromatic carbocycles. The van der Waals surface area contributed by atoms with Crippen LogP contribution < -0.4 is 11.3 Å². The summed E-state index contributed by atoms with van der Waals surface area (Å²) >= 11 is 0. The normalized spacial score (nSPS) is 10.7. The number of benzene rings is 2. The van der Waals surface area contributed by atoms with Crippen molar-refractivity contribution in [1.82, 2.24) is 9.97 Å². The first kappa shape index (κ1) is 10.5. The van der Waals surface area contributed by atoms with Crippen molar-refractivity contribution < 1.29 is 0 Å². The Kier molecular flexibility index (Phi) is 2.34. The summed E-state index contributed by atoms with van der Waals surface area (Å²) in [6.07, 6.45) is 0. The second kappa shape index (κ2) is 4.00. The number of rotatable bonds is 1. The number of hydrogen-bond acceptors (Lipinski definition) is 3. The molecule has 1 aromatic heterocycles. The van der Waals surface area contributed by atoms with E-state index in [1.54, 1.807) is 18.2 Å². The Morgan fingerprint density at radius 2 is 1.83 bits per heavy atom. The molecule has 4 nitrogen and oxygen atoms in total. The fourth-order valence-electron chi connectivity index (χ4n) is 1.89. The van der Waals surface area contributed by atoms with Gasteiger partial charge in [-0.2, -0.15) is 0 Å². The summed E-state index contributed by atoms with van der Waals surface area (Å²) in [6, 6.07) is 14.7. The third kappa shape index (κ3) is 1.73. The first-order valence-electron chi connectivity index (χ1n) is 5.59. The molecule has 0 amide bonds. The second-order valence-corrected chi connectivity index (χ2v) is 4.06. The average Bonchev–Trinajstić information content (AvgIpc) is 2.40. The maximum atomic E-state index is 12.0. The highest BCUT2D eigenvalue weighted by atomic mass is 16.1. The Morgan fingerprint density at radius 1 is 1.06 bits per heavy atom. The molecule has 0 spiro atoms. The molecule has 0 radical (unpaired) electrons. The van der Waals surface area contributed by atoms with Gasteiger partial charge in [-0.3, -0.25) is 4.79 Å². The van der Waals surface area contributed by atoms with Crippen LogP contribution in [0.1, 0.15) is 0 Å². The van der Waals surface area contributed by atoms with Crippen molar-refractivity contribution >= 4 is 16.6 Å². The van der Waals surface area contributed by atoms with Gasteiger partial charge in [-0.25, -0.2) is 4.98 Å². The zero-order valence-electron chi connectivity index (χ0n) is 9.55. The van der Waals surface area contributed by atoms with Gasteiger partial charge in [-0.05, 0) is 18.2 Å². The van der Waals surface area contributed by atoms with Gasteiger partial charge in [0.15, 0.2) is 0 Å². The second-order valence-electron chi connectivity index (χ2n) is 4.06. The molecule has 0 bridgehead atoms. The minimum atomic E-state index is -0.175. The fourth-order valence-corrected chi connectivity index (χ4v) is 1.89. The van der Waals surface area contributed by atoms with Crippen molar-refractivity contribution in [1.29, 1.82) is 0 Å². The summed E-state index contributed by atoms with van der Waals surface area (Å²) in [5.41, 5.74) is 7.57. The third-order valence-corrected chi connectivity index (χ3v) is 2.78. The summed E-state index contributed by atoms with van der Waals surface area (Å²) in [6.45, 7) is 0. The van der Waals surface area contributed by atoms with Gasteiger partial charge in [0.2, 0.25) is 0 Å². The molecule has 88 valence electrons. The number of nitrogens with one attached hydrogen (secondary N) is 1. The first-order chi connectivity index (χ1) is 8.74. The van der Waals surface area contributed by atoms with Gasteiger partial charge in [-0.15, -0.1) is 0 Å². The number of aromatic nitrogens is 2. The van der Waals surface area contributed by atoms with E-state index < -0.39 is 0 Å². The van der Waals surface area contributed by atoms with Crippen LogP contribution in [0.2, 0.25) is 0 Å². The van der Waals surface area contributed by atoms with Crippen LogP contribution in [0.4, 0.5) is 5.69 Å². The molecule has 3 N–H and O–H groups in total. The summed E-state index contributed by atoms with van der Waals surface area (Å²) in [4.78, 5) is 19.2. The van der Waals surface area contributed by atoms with E-state index in [-0.39, 0.29) is 5.56 Å². The maximum Gasteiger partial charge on any atom is 0.259 e. The van der Waals surface area contributed by atoms with Crippen LogP contribution in [0.15, 0.2) is 53.3 Å². The minimum absolute atomic E-state index is 0.175. The van der Waals surface area contributed by atoms with E-state index in [1.165, 1.54) is 0 Å². The number of hydrogen-bond donors (Lipinski definition) is 2. The molecule has 1 heterocycles. The van der Waals surface area contributed by atoms with Gasteiger partial charge in [0.25, 0.3) is 5.56 Å². The lowest BCUT2D eigenvalue weighted by Gasteiger charge is -2.03. The highest BCUT2D eigenvalue weighted by Crippen LogP contribution is 2.17. The lowest BCUT2D eigenvalue weighted by Crippen LogP contribution is -2.09. The maximum absolute atomic E-state index is 12.0. The first-order valence-corrected chi connectivity index (χ1v) is 5.59. The molecule has 0 fully saturated rings. The minimum Gasteiger partial charge on any atom is -0.399 e. The summed E-state index contributed by atoms with van der Waals surface area (Å²) < 4.78 is 0. The fraction of sp³-hybridized carbons (Fsp3) is 0. The molecule has 18 heavy (non-hydrogen) atoms. The monoisotopic (exact) mass is 237 g/mol. The van der Waals surface area contributed by atoms with Gasteiger partial charge in [0, 0.05) is 11.3 Å². The van der Waals surface area contributed by atoms with Crippen LogP contribution in [-0.4, -0.2) is 9.97 Å². The molecular weight excluding hydrogens is 226 g/mol. The Balaban J connectivity index is 2.29. The quantitative estimate of drug-likeness (QED) is 0.637. The topological polar surface area (TPSA) is 71.8 Å². The Hall–Kier alpha value is -2.62. The van der Waals surface area contributed by atoms with Gasteiger partial charge in [0.05, 0.1) is 10.9 Å². The van der Waals surface area contributed by atoms with Crippen molar-refractivity contribution in [3.63, 3.8) is 0 Å². The zero-order chi connectivity index (χ0) is 12.5. The molecule has 0 atom stereocenters. The van der Waals surface area contributed by atoms with Crippen LogP contribution in [0.3, 0.4) is 0 Å². The summed E-state index contributed by atoms with van der Waals surface area (Å²) in [7, 11) is 0. The molecule has 0 aliphatic heterocycles. The largest absolute Gasteiger partial charge is 0.399 e. The van der Waals surface area contributed by atoms with Crippen molar-refractivity contribution in [2.24, 2.45) is 0 Å². The lowest BCUT2D eigenvalue weighted by atomic mass is 10.2. The number of nitrogens with zero attached hydrogens (tertiary/aromatic N) is 1. The molecule has 0 aliphatic carbocycles. The lowest BCUT2D eigenvalue weighted by molar-refractivity contribution is 1.18. The average molecular weight is 237 g/mol. The molecule has 0 saturated heterocycles. The molecular formula is C14H11N3O. The molecule has 0 saturated carbocycles. The van der Waals surface area contributed by atoms with E-state index in [1.807, 2.05) is 30.3 Å². The molecule has 3 rings (SSSR count). The highest BCUT2D eigenvalue weighted by Gasteiger charge is 2.05. The smallest absolute Gasteiger partial charge is 0.259 e. The van der Waals surface area contributed by atoms with Crippen LogP contribution >= 0.6 is 0 Å². The number of nitrogens with two attached hydrogens (primary N) is 1. The van der Waals surface area contributed by atoms with Crippen LogP contribution in [0.25, 0.3) is 22.3 Å². The predicted octanol–water partition coefficient (Wildman–Crippen LogP) is 2.17. The molecule has 3 aromatic rings. The van der Waals surface area contributed by atoms with Crippen LogP contribution in [-0.2, 0) is 0 Å². The summed E-state index contributed by atoms with van der Waals surface area (Å²) in [5.74, 6) is 0.567. The highest BCUT2D eigenvalue weighted by molar-refractivity contribution is 5.82. The molecule has 0 unspecified atom stereocenters. The van der Waals surface area contributed by atoms with E-state index in [2.05, 4.69) is 9.97 Å². The standard InChI is InChI=1S/C14H11N3O/c15-10-6-7-12-11(8-10)14(18)17-13(16-12)9-4-2-1-3-5-9/h1-8H,15H2,(H,16,17,18). The molecule has 0 aliphatic rings. The third-order valence-electron chi connectivity index (χ3n) is 2.78. The Labute approximate surface area is 103 Å². The predicted molar refractivity (Wildman–Crippen MR) is 72.2 cm³/mol. The zero-order valence-corrected chi connectivity index (χ0v) is 9.55. The van der Waals surface area contributed by atoms with E-state index in [0.29, 0.717) is 22.4 Å². The van der Waals surface area contributed by atoms with E-state index in [0.717, 1.165) is 5.56 Å². The Morgan fingerprint density at radius 3 is 2.61 bits per heavy atom. The van der Waals surface area contributed by atoms with Gasteiger partial charge in [0.1, 0.15) is 5.82 Å². The number of H-pyrrole nitrogens is 1. The van der Waals surface area contributed by atoms with Gasteiger partial charge < -0.3 is 10.7 Å². The number of nitrogen functional groups attached to an aromatic ring is 1. The van der Waals surface area contributed by atoms with Crippen molar-refractivity contribution in [2.75, 3.05) is 5.73 Å². The van der Waals surface area contributed by atoms with Gasteiger partial charge >= 0.3 is 0 Å². The molecule has 4 heteroatoms. The van der Waals surface area contributed by atoms with Crippen LogP contribution in [0, 0.1) is 0 Å². The number of aromatic amines is 1. The number of fused-ring (bicyclic) bond motifs is 1. The van der Waals surface area contributed by atoms with Crippen molar-refractivity contribution in [3.05, 3.63) is 58.9 Å². The van der Waals surface area contributed by atoms with Gasteiger partial charge in [-0.1, -0.05) is 30.3 Å². The number of anilines is 1.